The summed E-state index contributed by atoms with van der Waals surface area (Å²) in [6.07, 6.45) is 3.40. The SMILES string of the molecule is COC(=O)c1ccc(Cl)cc1NC1CCC(C)(C)C1. The van der Waals surface area contributed by atoms with E-state index in [0.717, 1.165) is 18.5 Å². The van der Waals surface area contributed by atoms with Gasteiger partial charge in [0.15, 0.2) is 0 Å². The number of halogens is 1. The molecule has 0 aliphatic heterocycles. The Labute approximate surface area is 119 Å². The van der Waals surface area contributed by atoms with Gasteiger partial charge in [0.2, 0.25) is 0 Å². The Hall–Kier alpha value is -1.22. The summed E-state index contributed by atoms with van der Waals surface area (Å²) in [7, 11) is 1.39. The minimum Gasteiger partial charge on any atom is -0.465 e. The second kappa shape index (κ2) is 5.41. The Morgan fingerprint density at radius 2 is 2.21 bits per heavy atom. The fraction of sp³-hybridized carbons (Fsp3) is 0.533. The van der Waals surface area contributed by atoms with Gasteiger partial charge >= 0.3 is 5.97 Å². The van der Waals surface area contributed by atoms with E-state index >= 15 is 0 Å². The molecule has 1 atom stereocenters. The number of carbonyl (C=O) groups excluding carboxylic acids is 1. The molecule has 19 heavy (non-hydrogen) atoms. The van der Waals surface area contributed by atoms with Crippen LogP contribution in [0.25, 0.3) is 0 Å². The van der Waals surface area contributed by atoms with Crippen LogP contribution >= 0.6 is 11.6 Å². The van der Waals surface area contributed by atoms with Crippen LogP contribution in [0.4, 0.5) is 5.69 Å². The van der Waals surface area contributed by atoms with E-state index in [1.165, 1.54) is 13.5 Å². The first-order valence-electron chi connectivity index (χ1n) is 6.56. The van der Waals surface area contributed by atoms with Crippen molar-refractivity contribution in [2.75, 3.05) is 12.4 Å². The fourth-order valence-electron chi connectivity index (χ4n) is 2.70. The number of rotatable bonds is 3. The van der Waals surface area contributed by atoms with Crippen LogP contribution in [0.15, 0.2) is 18.2 Å². The molecule has 0 heterocycles. The summed E-state index contributed by atoms with van der Waals surface area (Å²) in [5.41, 5.74) is 1.67. The summed E-state index contributed by atoms with van der Waals surface area (Å²) in [5, 5.41) is 4.05. The van der Waals surface area contributed by atoms with Gasteiger partial charge in [-0.25, -0.2) is 4.79 Å². The van der Waals surface area contributed by atoms with Gasteiger partial charge in [-0.2, -0.15) is 0 Å². The number of ether oxygens (including phenoxy) is 1. The number of esters is 1. The Bertz CT molecular complexity index is 485. The molecule has 0 bridgehead atoms. The first-order valence-corrected chi connectivity index (χ1v) is 6.93. The van der Waals surface area contributed by atoms with Gasteiger partial charge in [-0.15, -0.1) is 0 Å². The van der Waals surface area contributed by atoms with Crippen molar-refractivity contribution in [3.8, 4) is 0 Å². The summed E-state index contributed by atoms with van der Waals surface area (Å²) in [4.78, 5) is 11.7. The van der Waals surface area contributed by atoms with Gasteiger partial charge in [-0.05, 0) is 42.9 Å². The lowest BCUT2D eigenvalue weighted by molar-refractivity contribution is 0.0602. The quantitative estimate of drug-likeness (QED) is 0.847. The molecule has 1 aromatic carbocycles. The Balaban J connectivity index is 2.19. The molecule has 1 aromatic rings. The van der Waals surface area contributed by atoms with Gasteiger partial charge in [0.1, 0.15) is 0 Å². The standard InChI is InChI=1S/C15H20ClNO2/c1-15(2)7-6-11(9-15)17-13-8-10(16)4-5-12(13)14(18)19-3/h4-5,8,11,17H,6-7,9H2,1-3H3. The number of methoxy groups -OCH3 is 1. The molecule has 4 heteroatoms. The van der Waals surface area contributed by atoms with Crippen LogP contribution in [0.2, 0.25) is 5.02 Å². The van der Waals surface area contributed by atoms with E-state index in [0.29, 0.717) is 22.0 Å². The first-order chi connectivity index (χ1) is 8.91. The number of hydrogen-bond donors (Lipinski definition) is 1. The van der Waals surface area contributed by atoms with Crippen molar-refractivity contribution in [1.82, 2.24) is 0 Å². The van der Waals surface area contributed by atoms with E-state index in [4.69, 9.17) is 16.3 Å². The maximum atomic E-state index is 11.7. The molecule has 1 saturated carbocycles. The molecule has 0 spiro atoms. The second-order valence-electron chi connectivity index (χ2n) is 5.93. The van der Waals surface area contributed by atoms with E-state index in [-0.39, 0.29) is 5.97 Å². The summed E-state index contributed by atoms with van der Waals surface area (Å²) in [5.74, 6) is -0.337. The summed E-state index contributed by atoms with van der Waals surface area (Å²) < 4.78 is 4.80. The third-order valence-electron chi connectivity index (χ3n) is 3.72. The zero-order valence-corrected chi connectivity index (χ0v) is 12.4. The van der Waals surface area contributed by atoms with Crippen LogP contribution in [0.5, 0.6) is 0 Å². The molecule has 1 aliphatic carbocycles. The third-order valence-corrected chi connectivity index (χ3v) is 3.95. The molecule has 1 fully saturated rings. The highest BCUT2D eigenvalue weighted by Gasteiger charge is 2.31. The Morgan fingerprint density at radius 1 is 1.47 bits per heavy atom. The maximum Gasteiger partial charge on any atom is 0.339 e. The van der Waals surface area contributed by atoms with Crippen molar-refractivity contribution in [3.05, 3.63) is 28.8 Å². The van der Waals surface area contributed by atoms with Gasteiger partial charge < -0.3 is 10.1 Å². The normalized spacial score (nSPS) is 21.2. The molecule has 1 N–H and O–H groups in total. The van der Waals surface area contributed by atoms with Crippen LogP contribution in [0.3, 0.4) is 0 Å². The monoisotopic (exact) mass is 281 g/mol. The third kappa shape index (κ3) is 3.41. The molecular formula is C15H20ClNO2. The molecule has 0 amide bonds. The number of benzene rings is 1. The van der Waals surface area contributed by atoms with E-state index in [1.54, 1.807) is 18.2 Å². The lowest BCUT2D eigenvalue weighted by Crippen LogP contribution is -2.19. The van der Waals surface area contributed by atoms with Crippen molar-refractivity contribution >= 4 is 23.3 Å². The van der Waals surface area contributed by atoms with Crippen LogP contribution in [0, 0.1) is 5.41 Å². The van der Waals surface area contributed by atoms with E-state index in [1.807, 2.05) is 0 Å². The number of hydrogen-bond acceptors (Lipinski definition) is 3. The zero-order chi connectivity index (χ0) is 14.0. The maximum absolute atomic E-state index is 11.7. The molecule has 0 saturated heterocycles. The fourth-order valence-corrected chi connectivity index (χ4v) is 2.88. The molecule has 0 aromatic heterocycles. The molecule has 0 radical (unpaired) electrons. The average Bonchev–Trinajstić information content (AvgIpc) is 2.68. The van der Waals surface area contributed by atoms with Crippen molar-refractivity contribution in [2.45, 2.75) is 39.2 Å². The van der Waals surface area contributed by atoms with Gasteiger partial charge in [-0.3, -0.25) is 0 Å². The lowest BCUT2D eigenvalue weighted by Gasteiger charge is -2.20. The first kappa shape index (κ1) is 14.2. The number of nitrogens with one attached hydrogen (secondary N) is 1. The predicted molar refractivity (Wildman–Crippen MR) is 77.8 cm³/mol. The van der Waals surface area contributed by atoms with Crippen molar-refractivity contribution in [1.29, 1.82) is 0 Å². The van der Waals surface area contributed by atoms with E-state index in [2.05, 4.69) is 19.2 Å². The lowest BCUT2D eigenvalue weighted by atomic mass is 9.92. The van der Waals surface area contributed by atoms with Crippen LogP contribution in [-0.4, -0.2) is 19.1 Å². The van der Waals surface area contributed by atoms with Crippen LogP contribution in [-0.2, 0) is 4.74 Å². The molecule has 104 valence electrons. The molecule has 3 nitrogen and oxygen atoms in total. The van der Waals surface area contributed by atoms with Crippen LogP contribution < -0.4 is 5.32 Å². The van der Waals surface area contributed by atoms with Gasteiger partial charge in [-0.1, -0.05) is 25.4 Å². The highest BCUT2D eigenvalue weighted by molar-refractivity contribution is 6.31. The van der Waals surface area contributed by atoms with E-state index < -0.39 is 0 Å². The van der Waals surface area contributed by atoms with Crippen LogP contribution in [0.1, 0.15) is 43.5 Å². The minimum atomic E-state index is -0.337. The van der Waals surface area contributed by atoms with Gasteiger partial charge in [0.05, 0.1) is 18.4 Å². The highest BCUT2D eigenvalue weighted by Crippen LogP contribution is 2.38. The largest absolute Gasteiger partial charge is 0.465 e. The second-order valence-corrected chi connectivity index (χ2v) is 6.37. The zero-order valence-electron chi connectivity index (χ0n) is 11.6. The number of anilines is 1. The van der Waals surface area contributed by atoms with Crippen molar-refractivity contribution in [3.63, 3.8) is 0 Å². The summed E-state index contributed by atoms with van der Waals surface area (Å²) in [6, 6.07) is 5.59. The molecule has 1 aliphatic rings. The average molecular weight is 282 g/mol. The smallest absolute Gasteiger partial charge is 0.339 e. The number of carbonyl (C=O) groups is 1. The highest BCUT2D eigenvalue weighted by atomic mass is 35.5. The van der Waals surface area contributed by atoms with E-state index in [9.17, 15) is 4.79 Å². The predicted octanol–water partition coefficient (Wildman–Crippen LogP) is 4.12. The van der Waals surface area contributed by atoms with Crippen molar-refractivity contribution < 1.29 is 9.53 Å². The summed E-state index contributed by atoms with van der Waals surface area (Å²) in [6.45, 7) is 4.54. The molecular weight excluding hydrogens is 262 g/mol. The minimum absolute atomic E-state index is 0.337. The molecule has 1 unspecified atom stereocenters. The summed E-state index contributed by atoms with van der Waals surface area (Å²) >= 11 is 6.01. The Kier molecular flexibility index (Phi) is 4.04. The van der Waals surface area contributed by atoms with Gasteiger partial charge in [0, 0.05) is 11.1 Å². The molecule has 2 rings (SSSR count). The van der Waals surface area contributed by atoms with Gasteiger partial charge in [0.25, 0.3) is 0 Å². The van der Waals surface area contributed by atoms with Crippen molar-refractivity contribution in [2.24, 2.45) is 5.41 Å². The topological polar surface area (TPSA) is 38.3 Å². The Morgan fingerprint density at radius 3 is 2.79 bits per heavy atom.